The summed E-state index contributed by atoms with van der Waals surface area (Å²) in [5, 5.41) is 4.23. The molecule has 98 valence electrons. The summed E-state index contributed by atoms with van der Waals surface area (Å²) in [6, 6.07) is 1.40. The average Bonchev–Trinajstić information content (AvgIpc) is 2.55. The first kappa shape index (κ1) is 14.0. The largest absolute Gasteiger partial charge is 0.389 e. The highest BCUT2D eigenvalue weighted by Gasteiger charge is 2.27. The highest BCUT2D eigenvalue weighted by Crippen LogP contribution is 2.22. The zero-order valence-electron chi connectivity index (χ0n) is 10.1. The molecule has 6 heteroatoms. The first-order valence-electron chi connectivity index (χ1n) is 5.67. The van der Waals surface area contributed by atoms with Crippen molar-refractivity contribution in [2.24, 2.45) is 5.73 Å². The van der Waals surface area contributed by atoms with Crippen LogP contribution in [0.3, 0.4) is 0 Å². The van der Waals surface area contributed by atoms with Gasteiger partial charge in [-0.05, 0) is 26.3 Å². The number of hydrogen-bond acceptors (Lipinski definition) is 2. The fraction of sp³-hybridized carbons (Fsp3) is 0.727. The summed E-state index contributed by atoms with van der Waals surface area (Å²) in [5.41, 5.74) is 7.47. The van der Waals surface area contributed by atoms with Crippen molar-refractivity contribution in [2.75, 3.05) is 0 Å². The van der Waals surface area contributed by atoms with E-state index >= 15 is 0 Å². The van der Waals surface area contributed by atoms with E-state index in [1.54, 1.807) is 4.68 Å². The van der Waals surface area contributed by atoms with Crippen LogP contribution in [0.15, 0.2) is 6.07 Å². The van der Waals surface area contributed by atoms with Crippen LogP contribution >= 0.6 is 0 Å². The Balaban J connectivity index is 2.52. The molecular weight excluding hydrogens is 231 g/mol. The van der Waals surface area contributed by atoms with Gasteiger partial charge in [-0.25, -0.2) is 0 Å². The Bertz CT molecular complexity index is 357. The zero-order chi connectivity index (χ0) is 13.1. The number of nitrogens with two attached hydrogens (primary N) is 1. The Kier molecular flexibility index (Phi) is 4.56. The Morgan fingerprint density at radius 2 is 2.12 bits per heavy atom. The van der Waals surface area contributed by atoms with Crippen molar-refractivity contribution in [2.45, 2.75) is 51.9 Å². The molecule has 1 unspecified atom stereocenters. The predicted octanol–water partition coefficient (Wildman–Crippen LogP) is 2.42. The van der Waals surface area contributed by atoms with Gasteiger partial charge in [-0.1, -0.05) is 0 Å². The molecule has 17 heavy (non-hydrogen) atoms. The lowest BCUT2D eigenvalue weighted by molar-refractivity contribution is -0.136. The number of aryl methyl sites for hydroxylation is 2. The SMILES string of the molecule is CCn1nc(C)cc1CC(N)CCC(F)(F)F. The Hall–Kier alpha value is -1.04. The van der Waals surface area contributed by atoms with Crippen molar-refractivity contribution in [3.8, 4) is 0 Å². The van der Waals surface area contributed by atoms with Gasteiger partial charge in [-0.3, -0.25) is 4.68 Å². The molecule has 0 fully saturated rings. The molecule has 0 saturated heterocycles. The maximum atomic E-state index is 12.0. The lowest BCUT2D eigenvalue weighted by Crippen LogP contribution is -2.26. The maximum Gasteiger partial charge on any atom is 0.389 e. The predicted molar refractivity (Wildman–Crippen MR) is 59.6 cm³/mol. The molecule has 0 saturated carbocycles. The van der Waals surface area contributed by atoms with Crippen LogP contribution in [0.25, 0.3) is 0 Å². The molecule has 0 bridgehead atoms. The van der Waals surface area contributed by atoms with Gasteiger partial charge >= 0.3 is 6.18 Å². The number of hydrogen-bond donors (Lipinski definition) is 1. The Labute approximate surface area is 98.8 Å². The van der Waals surface area contributed by atoms with Crippen LogP contribution in [-0.4, -0.2) is 22.0 Å². The van der Waals surface area contributed by atoms with E-state index in [1.807, 2.05) is 19.9 Å². The second-order valence-electron chi connectivity index (χ2n) is 4.21. The second-order valence-corrected chi connectivity index (χ2v) is 4.21. The van der Waals surface area contributed by atoms with Crippen LogP contribution in [0.1, 0.15) is 31.2 Å². The molecule has 1 rings (SSSR count). The fourth-order valence-electron chi connectivity index (χ4n) is 1.76. The van der Waals surface area contributed by atoms with E-state index < -0.39 is 18.6 Å². The average molecular weight is 249 g/mol. The molecule has 3 nitrogen and oxygen atoms in total. The molecule has 0 aromatic carbocycles. The standard InChI is InChI=1S/C11H18F3N3/c1-3-17-10(6-8(2)16-17)7-9(15)4-5-11(12,13)14/h6,9H,3-5,7,15H2,1-2H3. The lowest BCUT2D eigenvalue weighted by Gasteiger charge is -2.13. The summed E-state index contributed by atoms with van der Waals surface area (Å²) in [7, 11) is 0. The van der Waals surface area contributed by atoms with E-state index in [1.165, 1.54) is 0 Å². The third-order valence-electron chi connectivity index (χ3n) is 2.55. The minimum atomic E-state index is -4.13. The number of aromatic nitrogens is 2. The van der Waals surface area contributed by atoms with Crippen molar-refractivity contribution in [3.63, 3.8) is 0 Å². The van der Waals surface area contributed by atoms with Crippen LogP contribution in [0.5, 0.6) is 0 Å². The van der Waals surface area contributed by atoms with Gasteiger partial charge in [0.05, 0.1) is 5.69 Å². The van der Waals surface area contributed by atoms with Gasteiger partial charge in [0.15, 0.2) is 0 Å². The highest BCUT2D eigenvalue weighted by atomic mass is 19.4. The molecule has 0 radical (unpaired) electrons. The maximum absolute atomic E-state index is 12.0. The van der Waals surface area contributed by atoms with Gasteiger partial charge in [0.1, 0.15) is 0 Å². The summed E-state index contributed by atoms with van der Waals surface area (Å²) in [6.45, 7) is 4.50. The molecule has 2 N–H and O–H groups in total. The van der Waals surface area contributed by atoms with Crippen LogP contribution < -0.4 is 5.73 Å². The molecule has 0 amide bonds. The van der Waals surface area contributed by atoms with Crippen LogP contribution in [-0.2, 0) is 13.0 Å². The molecule has 0 aliphatic heterocycles. The number of rotatable bonds is 5. The number of nitrogens with zero attached hydrogens (tertiary/aromatic N) is 2. The van der Waals surface area contributed by atoms with Crippen molar-refractivity contribution in [3.05, 3.63) is 17.5 Å². The van der Waals surface area contributed by atoms with Gasteiger partial charge < -0.3 is 5.73 Å². The first-order chi connectivity index (χ1) is 7.81. The number of halogens is 3. The summed E-state index contributed by atoms with van der Waals surface area (Å²) >= 11 is 0. The summed E-state index contributed by atoms with van der Waals surface area (Å²) in [5.74, 6) is 0. The van der Waals surface area contributed by atoms with Crippen LogP contribution in [0, 0.1) is 6.92 Å². The zero-order valence-corrected chi connectivity index (χ0v) is 10.1. The minimum Gasteiger partial charge on any atom is -0.327 e. The molecule has 1 atom stereocenters. The molecule has 1 aromatic heterocycles. The molecule has 0 spiro atoms. The molecular formula is C11H18F3N3. The topological polar surface area (TPSA) is 43.8 Å². The van der Waals surface area contributed by atoms with Crippen molar-refractivity contribution >= 4 is 0 Å². The third-order valence-corrected chi connectivity index (χ3v) is 2.55. The number of alkyl halides is 3. The quantitative estimate of drug-likeness (QED) is 0.871. The van der Waals surface area contributed by atoms with E-state index in [4.69, 9.17) is 5.73 Å². The Morgan fingerprint density at radius 1 is 1.47 bits per heavy atom. The van der Waals surface area contributed by atoms with Crippen molar-refractivity contribution < 1.29 is 13.2 Å². The van der Waals surface area contributed by atoms with Gasteiger partial charge in [0.2, 0.25) is 0 Å². The molecule has 1 heterocycles. The summed E-state index contributed by atoms with van der Waals surface area (Å²) in [6.07, 6.45) is -4.56. The minimum absolute atomic E-state index is 0.0442. The first-order valence-corrected chi connectivity index (χ1v) is 5.67. The van der Waals surface area contributed by atoms with E-state index in [9.17, 15) is 13.2 Å². The van der Waals surface area contributed by atoms with Crippen molar-refractivity contribution in [1.82, 2.24) is 9.78 Å². The summed E-state index contributed by atoms with van der Waals surface area (Å²) < 4.78 is 37.9. The fourth-order valence-corrected chi connectivity index (χ4v) is 1.76. The van der Waals surface area contributed by atoms with Gasteiger partial charge in [0.25, 0.3) is 0 Å². The lowest BCUT2D eigenvalue weighted by atomic mass is 10.1. The molecule has 0 aliphatic carbocycles. The van der Waals surface area contributed by atoms with Gasteiger partial charge in [0, 0.05) is 31.1 Å². The smallest absolute Gasteiger partial charge is 0.327 e. The van der Waals surface area contributed by atoms with Gasteiger partial charge in [-0.2, -0.15) is 18.3 Å². The highest BCUT2D eigenvalue weighted by molar-refractivity contribution is 5.10. The van der Waals surface area contributed by atoms with E-state index in [2.05, 4.69) is 5.10 Å². The van der Waals surface area contributed by atoms with E-state index in [0.29, 0.717) is 13.0 Å². The van der Waals surface area contributed by atoms with Crippen molar-refractivity contribution in [1.29, 1.82) is 0 Å². The van der Waals surface area contributed by atoms with Crippen LogP contribution in [0.4, 0.5) is 13.2 Å². The van der Waals surface area contributed by atoms with Crippen LogP contribution in [0.2, 0.25) is 0 Å². The summed E-state index contributed by atoms with van der Waals surface area (Å²) in [4.78, 5) is 0. The monoisotopic (exact) mass is 249 g/mol. The normalized spacial score (nSPS) is 14.0. The van der Waals surface area contributed by atoms with Gasteiger partial charge in [-0.15, -0.1) is 0 Å². The van der Waals surface area contributed by atoms with E-state index in [-0.39, 0.29) is 6.42 Å². The third kappa shape index (κ3) is 4.77. The molecule has 0 aliphatic rings. The van der Waals surface area contributed by atoms with E-state index in [0.717, 1.165) is 11.4 Å². The molecule has 1 aromatic rings. The Morgan fingerprint density at radius 3 is 2.65 bits per heavy atom. The second kappa shape index (κ2) is 5.53.